The van der Waals surface area contributed by atoms with Crippen molar-refractivity contribution >= 4 is 17.5 Å². The first-order valence-corrected chi connectivity index (χ1v) is 10.4. The number of hydrogen-bond acceptors (Lipinski definition) is 3. The average molecular weight is 417 g/mol. The molecule has 0 heterocycles. The van der Waals surface area contributed by atoms with Gasteiger partial charge in [-0.05, 0) is 42.2 Å². The second kappa shape index (κ2) is 10.4. The van der Waals surface area contributed by atoms with Gasteiger partial charge in [-0.25, -0.2) is 0 Å². The standard InChI is InChI=1S/C26H28N2O3/c1-18(2)21-13-7-9-15-23(21)28-25(29)19(3)31-24-16-10-8-14-22(24)26(30)27-17-20-11-5-4-6-12-20/h4-16,18-19H,17H2,1-3H3,(H,27,30)(H,28,29)/t19-/m0/s1. The van der Waals surface area contributed by atoms with Gasteiger partial charge in [0, 0.05) is 12.2 Å². The number of anilines is 1. The lowest BCUT2D eigenvalue weighted by atomic mass is 10.0. The van der Waals surface area contributed by atoms with Gasteiger partial charge in [0.2, 0.25) is 0 Å². The highest BCUT2D eigenvalue weighted by Gasteiger charge is 2.20. The Morgan fingerprint density at radius 2 is 1.48 bits per heavy atom. The van der Waals surface area contributed by atoms with Crippen LogP contribution in [0.2, 0.25) is 0 Å². The van der Waals surface area contributed by atoms with E-state index in [9.17, 15) is 9.59 Å². The van der Waals surface area contributed by atoms with Crippen LogP contribution < -0.4 is 15.4 Å². The minimum atomic E-state index is -0.775. The highest BCUT2D eigenvalue weighted by molar-refractivity contribution is 5.98. The second-order valence-corrected chi connectivity index (χ2v) is 7.66. The molecular weight excluding hydrogens is 388 g/mol. The van der Waals surface area contributed by atoms with Crippen LogP contribution in [0.4, 0.5) is 5.69 Å². The Bertz CT molecular complexity index is 1030. The summed E-state index contributed by atoms with van der Waals surface area (Å²) < 4.78 is 5.88. The summed E-state index contributed by atoms with van der Waals surface area (Å²) in [6.07, 6.45) is -0.775. The lowest BCUT2D eigenvalue weighted by Gasteiger charge is -2.19. The molecule has 0 aliphatic rings. The third-order valence-electron chi connectivity index (χ3n) is 4.94. The molecule has 0 spiro atoms. The van der Waals surface area contributed by atoms with E-state index in [4.69, 9.17) is 4.74 Å². The summed E-state index contributed by atoms with van der Waals surface area (Å²) in [7, 11) is 0. The number of para-hydroxylation sites is 2. The van der Waals surface area contributed by atoms with E-state index < -0.39 is 6.10 Å². The van der Waals surface area contributed by atoms with E-state index in [0.29, 0.717) is 17.9 Å². The van der Waals surface area contributed by atoms with Gasteiger partial charge in [-0.2, -0.15) is 0 Å². The molecule has 1 atom stereocenters. The SMILES string of the molecule is CC(C)c1ccccc1NC(=O)[C@H](C)Oc1ccccc1C(=O)NCc1ccccc1. The number of benzene rings is 3. The number of ether oxygens (including phenoxy) is 1. The van der Waals surface area contributed by atoms with Gasteiger partial charge in [0.1, 0.15) is 5.75 Å². The molecule has 0 bridgehead atoms. The van der Waals surface area contributed by atoms with Gasteiger partial charge < -0.3 is 15.4 Å². The number of carbonyl (C=O) groups excluding carboxylic acids is 2. The Morgan fingerprint density at radius 1 is 0.839 bits per heavy atom. The molecular formula is C26H28N2O3. The van der Waals surface area contributed by atoms with E-state index in [1.54, 1.807) is 31.2 Å². The third kappa shape index (κ3) is 5.95. The monoisotopic (exact) mass is 416 g/mol. The lowest BCUT2D eigenvalue weighted by molar-refractivity contribution is -0.122. The summed E-state index contributed by atoms with van der Waals surface area (Å²) in [5.74, 6) is 0.124. The van der Waals surface area contributed by atoms with Gasteiger partial charge in [-0.3, -0.25) is 9.59 Å². The highest BCUT2D eigenvalue weighted by atomic mass is 16.5. The Hall–Kier alpha value is -3.60. The molecule has 31 heavy (non-hydrogen) atoms. The Balaban J connectivity index is 1.67. The van der Waals surface area contributed by atoms with E-state index in [1.807, 2.05) is 54.6 Å². The first-order chi connectivity index (χ1) is 15.0. The molecule has 0 unspecified atom stereocenters. The van der Waals surface area contributed by atoms with Crippen LogP contribution in [0.15, 0.2) is 78.9 Å². The Labute approximate surface area is 183 Å². The maximum atomic E-state index is 12.7. The summed E-state index contributed by atoms with van der Waals surface area (Å²) >= 11 is 0. The Morgan fingerprint density at radius 3 is 2.23 bits per heavy atom. The zero-order valence-corrected chi connectivity index (χ0v) is 18.1. The van der Waals surface area contributed by atoms with Crippen LogP contribution in [0, 0.1) is 0 Å². The van der Waals surface area contributed by atoms with Crippen LogP contribution >= 0.6 is 0 Å². The van der Waals surface area contributed by atoms with E-state index in [1.165, 1.54) is 0 Å². The predicted octanol–water partition coefficient (Wildman–Crippen LogP) is 5.15. The molecule has 5 heteroatoms. The Kier molecular flexibility index (Phi) is 7.44. The van der Waals surface area contributed by atoms with Crippen LogP contribution in [0.5, 0.6) is 5.75 Å². The summed E-state index contributed by atoms with van der Waals surface area (Å²) in [4.78, 5) is 25.5. The lowest BCUT2D eigenvalue weighted by Crippen LogP contribution is -2.31. The molecule has 2 N–H and O–H groups in total. The number of nitrogens with one attached hydrogen (secondary N) is 2. The van der Waals surface area contributed by atoms with E-state index in [-0.39, 0.29) is 17.7 Å². The second-order valence-electron chi connectivity index (χ2n) is 7.66. The molecule has 0 saturated carbocycles. The van der Waals surface area contributed by atoms with Crippen LogP contribution in [0.1, 0.15) is 48.2 Å². The molecule has 3 aromatic carbocycles. The normalized spacial score (nSPS) is 11.6. The fraction of sp³-hybridized carbons (Fsp3) is 0.231. The maximum Gasteiger partial charge on any atom is 0.265 e. The summed E-state index contributed by atoms with van der Waals surface area (Å²) in [6.45, 7) is 6.24. The molecule has 160 valence electrons. The van der Waals surface area contributed by atoms with Crippen molar-refractivity contribution < 1.29 is 14.3 Å². The minimum Gasteiger partial charge on any atom is -0.480 e. The highest BCUT2D eigenvalue weighted by Crippen LogP contribution is 2.25. The number of amides is 2. The molecule has 5 nitrogen and oxygen atoms in total. The van der Waals surface area contributed by atoms with Crippen molar-refractivity contribution in [1.82, 2.24) is 5.32 Å². The van der Waals surface area contributed by atoms with Crippen molar-refractivity contribution in [1.29, 1.82) is 0 Å². The van der Waals surface area contributed by atoms with Crippen LogP contribution in [-0.4, -0.2) is 17.9 Å². The smallest absolute Gasteiger partial charge is 0.265 e. The predicted molar refractivity (Wildman–Crippen MR) is 123 cm³/mol. The van der Waals surface area contributed by atoms with E-state index >= 15 is 0 Å². The van der Waals surface area contributed by atoms with Crippen LogP contribution in [0.25, 0.3) is 0 Å². The molecule has 0 aliphatic carbocycles. The molecule has 0 radical (unpaired) electrons. The number of rotatable bonds is 8. The number of hydrogen-bond donors (Lipinski definition) is 2. The first-order valence-electron chi connectivity index (χ1n) is 10.4. The summed E-state index contributed by atoms with van der Waals surface area (Å²) in [5.41, 5.74) is 3.22. The number of carbonyl (C=O) groups is 2. The van der Waals surface area contributed by atoms with Crippen LogP contribution in [0.3, 0.4) is 0 Å². The van der Waals surface area contributed by atoms with Crippen molar-refractivity contribution in [2.45, 2.75) is 39.3 Å². The fourth-order valence-corrected chi connectivity index (χ4v) is 3.22. The average Bonchev–Trinajstić information content (AvgIpc) is 2.78. The molecule has 0 aromatic heterocycles. The topological polar surface area (TPSA) is 67.4 Å². The van der Waals surface area contributed by atoms with Gasteiger partial charge in [0.05, 0.1) is 5.56 Å². The van der Waals surface area contributed by atoms with Crippen molar-refractivity contribution in [3.8, 4) is 5.75 Å². The van der Waals surface area contributed by atoms with Gasteiger partial charge in [-0.15, -0.1) is 0 Å². The van der Waals surface area contributed by atoms with Crippen molar-refractivity contribution in [2.24, 2.45) is 0 Å². The molecule has 3 rings (SSSR count). The fourth-order valence-electron chi connectivity index (χ4n) is 3.22. The summed E-state index contributed by atoms with van der Waals surface area (Å²) in [5, 5.41) is 5.84. The van der Waals surface area contributed by atoms with Gasteiger partial charge in [0.25, 0.3) is 11.8 Å². The van der Waals surface area contributed by atoms with E-state index in [2.05, 4.69) is 24.5 Å². The van der Waals surface area contributed by atoms with Gasteiger partial charge in [0.15, 0.2) is 6.10 Å². The van der Waals surface area contributed by atoms with Gasteiger partial charge >= 0.3 is 0 Å². The van der Waals surface area contributed by atoms with Crippen molar-refractivity contribution in [2.75, 3.05) is 5.32 Å². The molecule has 0 saturated heterocycles. The largest absolute Gasteiger partial charge is 0.480 e. The molecule has 2 amide bonds. The first kappa shape index (κ1) is 22.1. The summed E-state index contributed by atoms with van der Waals surface area (Å²) in [6, 6.07) is 24.3. The van der Waals surface area contributed by atoms with Crippen molar-refractivity contribution in [3.63, 3.8) is 0 Å². The van der Waals surface area contributed by atoms with E-state index in [0.717, 1.165) is 16.8 Å². The molecule has 0 aliphatic heterocycles. The third-order valence-corrected chi connectivity index (χ3v) is 4.94. The minimum absolute atomic E-state index is 0.253. The quantitative estimate of drug-likeness (QED) is 0.534. The molecule has 3 aromatic rings. The van der Waals surface area contributed by atoms with Crippen molar-refractivity contribution in [3.05, 3.63) is 95.6 Å². The maximum absolute atomic E-state index is 12.7. The van der Waals surface area contributed by atoms with Gasteiger partial charge in [-0.1, -0.05) is 74.5 Å². The zero-order chi connectivity index (χ0) is 22.2. The zero-order valence-electron chi connectivity index (χ0n) is 18.1. The molecule has 0 fully saturated rings. The van der Waals surface area contributed by atoms with Crippen LogP contribution in [-0.2, 0) is 11.3 Å².